The van der Waals surface area contributed by atoms with Crippen molar-refractivity contribution in [1.29, 1.82) is 0 Å². The van der Waals surface area contributed by atoms with Crippen molar-refractivity contribution in [2.75, 3.05) is 25.4 Å². The molecular weight excluding hydrogens is 404 g/mol. The first kappa shape index (κ1) is 21.8. The first-order valence-electron chi connectivity index (χ1n) is 8.65. The SMILES string of the molecule is CCN(CC)S(=O)(=O)c1cccc(C(=O)NCCSc2ccc(Cl)cc2)c1. The third-order valence-electron chi connectivity index (χ3n) is 3.91. The van der Waals surface area contributed by atoms with Gasteiger partial charge in [-0.1, -0.05) is 31.5 Å². The van der Waals surface area contributed by atoms with Gasteiger partial charge in [0.15, 0.2) is 0 Å². The molecule has 8 heteroatoms. The quantitative estimate of drug-likeness (QED) is 0.488. The summed E-state index contributed by atoms with van der Waals surface area (Å²) in [5.41, 5.74) is 0.333. The van der Waals surface area contributed by atoms with Gasteiger partial charge in [-0.05, 0) is 42.5 Å². The van der Waals surface area contributed by atoms with Crippen molar-refractivity contribution >= 4 is 39.3 Å². The average molecular weight is 427 g/mol. The maximum atomic E-state index is 12.6. The van der Waals surface area contributed by atoms with E-state index < -0.39 is 10.0 Å². The number of sulfonamides is 1. The van der Waals surface area contributed by atoms with Crippen molar-refractivity contribution in [3.63, 3.8) is 0 Å². The maximum absolute atomic E-state index is 12.6. The number of halogens is 1. The second kappa shape index (κ2) is 10.1. The summed E-state index contributed by atoms with van der Waals surface area (Å²) in [6.07, 6.45) is 0. The number of nitrogens with one attached hydrogen (secondary N) is 1. The highest BCUT2D eigenvalue weighted by molar-refractivity contribution is 7.99. The maximum Gasteiger partial charge on any atom is 0.251 e. The molecule has 0 unspecified atom stereocenters. The van der Waals surface area contributed by atoms with E-state index in [1.54, 1.807) is 37.7 Å². The van der Waals surface area contributed by atoms with Crippen molar-refractivity contribution in [3.05, 3.63) is 59.1 Å². The molecule has 0 aliphatic carbocycles. The Morgan fingerprint density at radius 3 is 2.41 bits per heavy atom. The zero-order valence-electron chi connectivity index (χ0n) is 15.3. The zero-order chi connectivity index (χ0) is 19.9. The Hall–Kier alpha value is -1.54. The zero-order valence-corrected chi connectivity index (χ0v) is 17.7. The molecule has 0 heterocycles. The number of hydrogen-bond acceptors (Lipinski definition) is 4. The lowest BCUT2D eigenvalue weighted by molar-refractivity contribution is 0.0956. The van der Waals surface area contributed by atoms with Gasteiger partial charge in [0.05, 0.1) is 4.90 Å². The van der Waals surface area contributed by atoms with E-state index >= 15 is 0 Å². The van der Waals surface area contributed by atoms with E-state index in [1.165, 1.54) is 16.4 Å². The fourth-order valence-electron chi connectivity index (χ4n) is 2.48. The van der Waals surface area contributed by atoms with E-state index in [0.717, 1.165) is 4.90 Å². The molecule has 0 atom stereocenters. The van der Waals surface area contributed by atoms with Gasteiger partial charge in [-0.25, -0.2) is 8.42 Å². The molecule has 0 bridgehead atoms. The smallest absolute Gasteiger partial charge is 0.251 e. The van der Waals surface area contributed by atoms with Crippen LogP contribution in [-0.4, -0.2) is 44.0 Å². The van der Waals surface area contributed by atoms with Crippen LogP contribution in [0.5, 0.6) is 0 Å². The third-order valence-corrected chi connectivity index (χ3v) is 7.22. The van der Waals surface area contributed by atoms with Gasteiger partial charge in [0.2, 0.25) is 10.0 Å². The van der Waals surface area contributed by atoms with E-state index in [2.05, 4.69) is 5.32 Å². The molecule has 0 saturated carbocycles. The van der Waals surface area contributed by atoms with Gasteiger partial charge in [-0.2, -0.15) is 4.31 Å². The first-order chi connectivity index (χ1) is 12.9. The second-order valence-electron chi connectivity index (χ2n) is 5.68. The number of thioether (sulfide) groups is 1. The summed E-state index contributed by atoms with van der Waals surface area (Å²) in [4.78, 5) is 13.5. The van der Waals surface area contributed by atoms with Crippen LogP contribution >= 0.6 is 23.4 Å². The van der Waals surface area contributed by atoms with Gasteiger partial charge in [-0.3, -0.25) is 4.79 Å². The number of carbonyl (C=O) groups is 1. The Bertz CT molecular complexity index is 867. The monoisotopic (exact) mass is 426 g/mol. The van der Waals surface area contributed by atoms with Crippen LogP contribution in [0.2, 0.25) is 5.02 Å². The van der Waals surface area contributed by atoms with Crippen molar-refractivity contribution in [1.82, 2.24) is 9.62 Å². The third kappa shape index (κ3) is 5.97. The van der Waals surface area contributed by atoms with Crippen molar-refractivity contribution < 1.29 is 13.2 Å². The molecule has 0 spiro atoms. The Morgan fingerprint density at radius 1 is 1.11 bits per heavy atom. The summed E-state index contributed by atoms with van der Waals surface area (Å²) in [6.45, 7) is 4.82. The fraction of sp³-hybridized carbons (Fsp3) is 0.316. The second-order valence-corrected chi connectivity index (χ2v) is 9.22. The molecule has 0 radical (unpaired) electrons. The van der Waals surface area contributed by atoms with E-state index in [4.69, 9.17) is 11.6 Å². The van der Waals surface area contributed by atoms with Gasteiger partial charge < -0.3 is 5.32 Å². The standard InChI is InChI=1S/C19H23ClN2O3S2/c1-3-22(4-2)27(24,25)18-7-5-6-15(14-18)19(23)21-12-13-26-17-10-8-16(20)9-11-17/h5-11,14H,3-4,12-13H2,1-2H3,(H,21,23). The minimum atomic E-state index is -3.58. The van der Waals surface area contributed by atoms with Crippen molar-refractivity contribution in [2.24, 2.45) is 0 Å². The van der Waals surface area contributed by atoms with Crippen LogP contribution in [-0.2, 0) is 10.0 Å². The molecule has 0 saturated heterocycles. The number of nitrogens with zero attached hydrogens (tertiary/aromatic N) is 1. The van der Waals surface area contributed by atoms with Crippen LogP contribution in [0.1, 0.15) is 24.2 Å². The van der Waals surface area contributed by atoms with Crippen LogP contribution in [0.3, 0.4) is 0 Å². The Labute approximate surface area is 170 Å². The van der Waals surface area contributed by atoms with E-state index in [9.17, 15) is 13.2 Å². The largest absolute Gasteiger partial charge is 0.351 e. The summed E-state index contributed by atoms with van der Waals surface area (Å²) >= 11 is 7.46. The molecule has 2 rings (SSSR count). The normalized spacial score (nSPS) is 11.6. The lowest BCUT2D eigenvalue weighted by Crippen LogP contribution is -2.31. The molecule has 1 N–H and O–H groups in total. The molecule has 2 aromatic rings. The van der Waals surface area contributed by atoms with Crippen LogP contribution in [0.4, 0.5) is 0 Å². The molecule has 0 aliphatic rings. The highest BCUT2D eigenvalue weighted by Crippen LogP contribution is 2.20. The molecule has 0 fully saturated rings. The Kier molecular flexibility index (Phi) is 8.16. The van der Waals surface area contributed by atoms with Crippen molar-refractivity contribution in [2.45, 2.75) is 23.6 Å². The molecule has 0 aromatic heterocycles. The fourth-order valence-corrected chi connectivity index (χ4v) is 4.88. The molecule has 1 amide bonds. The predicted octanol–water partition coefficient (Wildman–Crippen LogP) is 3.89. The Balaban J connectivity index is 1.95. The average Bonchev–Trinajstić information content (AvgIpc) is 2.67. The molecule has 5 nitrogen and oxygen atoms in total. The summed E-state index contributed by atoms with van der Waals surface area (Å²) in [5, 5.41) is 3.51. The number of carbonyl (C=O) groups excluding carboxylic acids is 1. The van der Waals surface area contributed by atoms with Crippen LogP contribution in [0.15, 0.2) is 58.3 Å². The predicted molar refractivity (Wildman–Crippen MR) is 111 cm³/mol. The summed E-state index contributed by atoms with van der Waals surface area (Å²) in [7, 11) is -3.58. The molecular formula is C19H23ClN2O3S2. The van der Waals surface area contributed by atoms with Gasteiger partial charge in [0, 0.05) is 40.9 Å². The van der Waals surface area contributed by atoms with Crippen LogP contribution in [0, 0.1) is 0 Å². The van der Waals surface area contributed by atoms with Gasteiger partial charge in [-0.15, -0.1) is 11.8 Å². The minimum Gasteiger partial charge on any atom is -0.351 e. The van der Waals surface area contributed by atoms with Gasteiger partial charge in [0.25, 0.3) is 5.91 Å². The lowest BCUT2D eigenvalue weighted by atomic mass is 10.2. The summed E-state index contributed by atoms with van der Waals surface area (Å²) in [5.74, 6) is 0.411. The van der Waals surface area contributed by atoms with Crippen molar-refractivity contribution in [3.8, 4) is 0 Å². The topological polar surface area (TPSA) is 66.5 Å². The van der Waals surface area contributed by atoms with E-state index in [1.807, 2.05) is 24.3 Å². The van der Waals surface area contributed by atoms with Gasteiger partial charge >= 0.3 is 0 Å². The molecule has 146 valence electrons. The molecule has 2 aromatic carbocycles. The minimum absolute atomic E-state index is 0.134. The highest BCUT2D eigenvalue weighted by Gasteiger charge is 2.22. The number of benzene rings is 2. The van der Waals surface area contributed by atoms with Gasteiger partial charge in [0.1, 0.15) is 0 Å². The number of rotatable bonds is 9. The molecule has 27 heavy (non-hydrogen) atoms. The summed E-state index contributed by atoms with van der Waals surface area (Å²) in [6, 6.07) is 13.6. The van der Waals surface area contributed by atoms with E-state index in [0.29, 0.717) is 36.0 Å². The molecule has 0 aliphatic heterocycles. The summed E-state index contributed by atoms with van der Waals surface area (Å²) < 4.78 is 26.6. The Morgan fingerprint density at radius 2 is 1.78 bits per heavy atom. The first-order valence-corrected chi connectivity index (χ1v) is 11.5. The lowest BCUT2D eigenvalue weighted by Gasteiger charge is -2.18. The number of amides is 1. The van der Waals surface area contributed by atoms with Crippen LogP contribution < -0.4 is 5.32 Å². The van der Waals surface area contributed by atoms with Crippen LogP contribution in [0.25, 0.3) is 0 Å². The van der Waals surface area contributed by atoms with E-state index in [-0.39, 0.29) is 10.8 Å². The number of hydrogen-bond donors (Lipinski definition) is 1. The highest BCUT2D eigenvalue weighted by atomic mass is 35.5.